The van der Waals surface area contributed by atoms with Crippen molar-refractivity contribution in [1.29, 1.82) is 0 Å². The van der Waals surface area contributed by atoms with E-state index in [9.17, 15) is 30.0 Å². The lowest BCUT2D eigenvalue weighted by Crippen LogP contribution is -2.79. The maximum absolute atomic E-state index is 12.9. The van der Waals surface area contributed by atoms with Crippen LogP contribution >= 0.6 is 0 Å². The van der Waals surface area contributed by atoms with Crippen molar-refractivity contribution in [2.75, 3.05) is 0 Å². The second-order valence-electron chi connectivity index (χ2n) is 12.9. The number of hydrogen-bond donors (Lipinski definition) is 4. The van der Waals surface area contributed by atoms with Crippen LogP contribution in [0.25, 0.3) is 0 Å². The Labute approximate surface area is 224 Å². The van der Waals surface area contributed by atoms with Crippen molar-refractivity contribution in [3.8, 4) is 0 Å². The molecule has 10 atom stereocenters. The maximum atomic E-state index is 12.9. The Bertz CT molecular complexity index is 1090. The number of fused-ring (bicyclic) bond motifs is 5. The Morgan fingerprint density at radius 3 is 2.32 bits per heavy atom. The minimum Gasteiger partial charge on any atom is -0.462 e. The fourth-order valence-electron chi connectivity index (χ4n) is 9.18. The second-order valence-corrected chi connectivity index (χ2v) is 12.9. The number of esters is 2. The van der Waals surface area contributed by atoms with E-state index in [2.05, 4.69) is 6.92 Å². The third-order valence-corrected chi connectivity index (χ3v) is 11.5. The molecule has 0 heterocycles. The highest BCUT2D eigenvalue weighted by Crippen LogP contribution is 2.72. The predicted molar refractivity (Wildman–Crippen MR) is 138 cm³/mol. The van der Waals surface area contributed by atoms with Crippen LogP contribution in [-0.2, 0) is 14.3 Å². The van der Waals surface area contributed by atoms with Crippen molar-refractivity contribution < 1.29 is 39.5 Å². The van der Waals surface area contributed by atoms with E-state index < -0.39 is 52.3 Å². The first-order chi connectivity index (χ1) is 17.7. The highest BCUT2D eigenvalue weighted by Gasteiger charge is 2.82. The number of carbonyl (C=O) groups is 2. The second kappa shape index (κ2) is 9.01. The zero-order chi connectivity index (χ0) is 27.7. The van der Waals surface area contributed by atoms with E-state index >= 15 is 0 Å². The summed E-state index contributed by atoms with van der Waals surface area (Å²) in [4.78, 5) is 25.3. The Balaban J connectivity index is 1.55. The SMILES string of the molecule is CC(=O)OC1CC2C3(C)CCC(O)CC3CCC2(O)C2(O)CCC(O)(C(C)OC(=O)c3ccccc3)C12C. The molecule has 8 nitrogen and oxygen atoms in total. The van der Waals surface area contributed by atoms with Gasteiger partial charge in [-0.05, 0) is 87.7 Å². The molecule has 5 rings (SSSR count). The van der Waals surface area contributed by atoms with E-state index in [-0.39, 0.29) is 36.7 Å². The van der Waals surface area contributed by atoms with Gasteiger partial charge < -0.3 is 29.9 Å². The van der Waals surface area contributed by atoms with Crippen LogP contribution in [0.2, 0.25) is 0 Å². The number of benzene rings is 1. The largest absolute Gasteiger partial charge is 0.462 e. The van der Waals surface area contributed by atoms with Gasteiger partial charge in [0.05, 0.1) is 22.7 Å². The molecule has 4 saturated carbocycles. The van der Waals surface area contributed by atoms with Crippen LogP contribution in [0.15, 0.2) is 30.3 Å². The van der Waals surface area contributed by atoms with E-state index in [0.29, 0.717) is 37.7 Å². The lowest BCUT2D eigenvalue weighted by atomic mass is 9.40. The van der Waals surface area contributed by atoms with Gasteiger partial charge in [0.2, 0.25) is 0 Å². The maximum Gasteiger partial charge on any atom is 0.338 e. The quantitative estimate of drug-likeness (QED) is 0.437. The summed E-state index contributed by atoms with van der Waals surface area (Å²) in [6, 6.07) is 8.49. The molecule has 0 radical (unpaired) electrons. The van der Waals surface area contributed by atoms with E-state index in [4.69, 9.17) is 9.47 Å². The fraction of sp³-hybridized carbons (Fsp3) is 0.733. The van der Waals surface area contributed by atoms with Gasteiger partial charge in [-0.2, -0.15) is 0 Å². The minimum absolute atomic E-state index is 0.0644. The fourth-order valence-corrected chi connectivity index (χ4v) is 9.18. The Morgan fingerprint density at radius 1 is 0.974 bits per heavy atom. The summed E-state index contributed by atoms with van der Waals surface area (Å²) in [5.41, 5.74) is -6.65. The molecule has 38 heavy (non-hydrogen) atoms. The topological polar surface area (TPSA) is 134 Å². The summed E-state index contributed by atoms with van der Waals surface area (Å²) in [6.07, 6.45) is 0.976. The van der Waals surface area contributed by atoms with Gasteiger partial charge in [0, 0.05) is 6.92 Å². The van der Waals surface area contributed by atoms with Crippen molar-refractivity contribution in [2.24, 2.45) is 22.7 Å². The molecule has 10 unspecified atom stereocenters. The van der Waals surface area contributed by atoms with Gasteiger partial charge in [-0.15, -0.1) is 0 Å². The van der Waals surface area contributed by atoms with Gasteiger partial charge >= 0.3 is 11.9 Å². The molecule has 4 aliphatic rings. The molecular formula is C30H42O8. The number of ether oxygens (including phenoxy) is 2. The van der Waals surface area contributed by atoms with Crippen LogP contribution in [0.5, 0.6) is 0 Å². The van der Waals surface area contributed by atoms with Gasteiger partial charge in [0.1, 0.15) is 23.4 Å². The van der Waals surface area contributed by atoms with E-state index in [1.165, 1.54) is 6.92 Å². The number of rotatable bonds is 4. The number of carbonyl (C=O) groups excluding carboxylic acids is 2. The molecule has 0 bridgehead atoms. The van der Waals surface area contributed by atoms with E-state index in [1.807, 2.05) is 0 Å². The summed E-state index contributed by atoms with van der Waals surface area (Å²) in [5.74, 6) is -1.36. The molecule has 4 fully saturated rings. The van der Waals surface area contributed by atoms with E-state index in [0.717, 1.165) is 0 Å². The van der Waals surface area contributed by atoms with Crippen LogP contribution in [0, 0.1) is 22.7 Å². The third-order valence-electron chi connectivity index (χ3n) is 11.5. The first-order valence-corrected chi connectivity index (χ1v) is 14.0. The molecule has 0 aromatic heterocycles. The van der Waals surface area contributed by atoms with Gasteiger partial charge in [-0.3, -0.25) is 4.79 Å². The number of hydrogen-bond acceptors (Lipinski definition) is 8. The van der Waals surface area contributed by atoms with Gasteiger partial charge in [0.15, 0.2) is 0 Å². The Morgan fingerprint density at radius 2 is 1.66 bits per heavy atom. The molecule has 4 N–H and O–H groups in total. The van der Waals surface area contributed by atoms with Gasteiger partial charge in [-0.1, -0.05) is 32.0 Å². The molecule has 0 amide bonds. The average Bonchev–Trinajstić information content (AvgIpc) is 3.10. The third kappa shape index (κ3) is 3.56. The molecule has 0 aliphatic heterocycles. The van der Waals surface area contributed by atoms with Gasteiger partial charge in [0.25, 0.3) is 0 Å². The molecule has 1 aromatic rings. The molecule has 210 valence electrons. The van der Waals surface area contributed by atoms with Crippen LogP contribution in [0.4, 0.5) is 0 Å². The molecular weight excluding hydrogens is 488 g/mol. The van der Waals surface area contributed by atoms with Gasteiger partial charge in [-0.25, -0.2) is 4.79 Å². The van der Waals surface area contributed by atoms with Crippen molar-refractivity contribution in [2.45, 2.75) is 114 Å². The zero-order valence-corrected chi connectivity index (χ0v) is 22.9. The number of aliphatic hydroxyl groups excluding tert-OH is 1. The first-order valence-electron chi connectivity index (χ1n) is 14.0. The normalized spacial score (nSPS) is 46.7. The monoisotopic (exact) mass is 530 g/mol. The Hall–Kier alpha value is -2.00. The zero-order valence-electron chi connectivity index (χ0n) is 22.9. The Kier molecular flexibility index (Phi) is 6.54. The first kappa shape index (κ1) is 27.6. The van der Waals surface area contributed by atoms with E-state index in [1.54, 1.807) is 44.2 Å². The van der Waals surface area contributed by atoms with Crippen molar-refractivity contribution in [1.82, 2.24) is 0 Å². The molecule has 4 aliphatic carbocycles. The lowest BCUT2D eigenvalue weighted by Gasteiger charge is -2.69. The minimum atomic E-state index is -1.80. The summed E-state index contributed by atoms with van der Waals surface area (Å²) < 4.78 is 11.7. The van der Waals surface area contributed by atoms with Crippen LogP contribution in [0.1, 0.15) is 89.4 Å². The van der Waals surface area contributed by atoms with Crippen molar-refractivity contribution in [3.63, 3.8) is 0 Å². The average molecular weight is 531 g/mol. The molecule has 8 heteroatoms. The summed E-state index contributed by atoms with van der Waals surface area (Å²) in [6.45, 7) is 6.70. The summed E-state index contributed by atoms with van der Waals surface area (Å²) in [5, 5.41) is 47.8. The molecule has 0 saturated heterocycles. The highest BCUT2D eigenvalue weighted by molar-refractivity contribution is 5.89. The molecule has 1 aromatic carbocycles. The van der Waals surface area contributed by atoms with Crippen molar-refractivity contribution in [3.05, 3.63) is 35.9 Å². The highest BCUT2D eigenvalue weighted by atomic mass is 16.6. The van der Waals surface area contributed by atoms with Crippen LogP contribution in [-0.4, -0.2) is 67.5 Å². The smallest absolute Gasteiger partial charge is 0.338 e. The summed E-state index contributed by atoms with van der Waals surface area (Å²) in [7, 11) is 0. The standard InChI is InChI=1S/C30H42O8/c1-18(37-25(33)20-8-6-5-7-9-20)28(34)14-15-30(36)27(28,4)24(38-19(2)31)17-23-26(3)12-11-22(32)16-21(26)10-13-29(23,30)35/h5-9,18,21-24,32,34-36H,10-17H2,1-4H3. The number of aliphatic hydroxyl groups is 4. The lowest BCUT2D eigenvalue weighted by molar-refractivity contribution is -0.341. The van der Waals surface area contributed by atoms with Crippen LogP contribution in [0.3, 0.4) is 0 Å². The van der Waals surface area contributed by atoms with Crippen LogP contribution < -0.4 is 0 Å². The summed E-state index contributed by atoms with van der Waals surface area (Å²) >= 11 is 0. The molecule has 0 spiro atoms. The predicted octanol–water partition coefficient (Wildman–Crippen LogP) is 3.14. The van der Waals surface area contributed by atoms with Crippen molar-refractivity contribution >= 4 is 11.9 Å².